The van der Waals surface area contributed by atoms with Gasteiger partial charge < -0.3 is 25.2 Å². The minimum atomic E-state index is -1.15. The number of carbonyl (C=O) groups is 3. The van der Waals surface area contributed by atoms with Crippen LogP contribution in [0.1, 0.15) is 44.1 Å². The number of benzene rings is 2. The smallest absolute Gasteiger partial charge is 0.246 e. The number of nitrogens with one attached hydrogen (secondary N) is 2. The molecule has 3 unspecified atom stereocenters. The molecule has 1 aliphatic carbocycles. The first kappa shape index (κ1) is 31.4. The second-order valence-electron chi connectivity index (χ2n) is 13.5. The van der Waals surface area contributed by atoms with Crippen LogP contribution >= 0.6 is 11.6 Å². The van der Waals surface area contributed by atoms with Gasteiger partial charge in [-0.05, 0) is 49.6 Å². The van der Waals surface area contributed by atoms with E-state index in [9.17, 15) is 14.4 Å². The maximum absolute atomic E-state index is 14.3. The molecular weight excluding hydrogens is 602 g/mol. The van der Waals surface area contributed by atoms with Crippen LogP contribution < -0.4 is 10.6 Å². The van der Waals surface area contributed by atoms with Gasteiger partial charge in [0.05, 0.1) is 17.9 Å². The van der Waals surface area contributed by atoms with E-state index >= 15 is 0 Å². The summed E-state index contributed by atoms with van der Waals surface area (Å²) in [5.41, 5.74) is 0.742. The lowest BCUT2D eigenvalue weighted by Gasteiger charge is -2.36. The summed E-state index contributed by atoms with van der Waals surface area (Å²) in [7, 11) is 0. The van der Waals surface area contributed by atoms with Crippen molar-refractivity contribution in [2.75, 3.05) is 44.6 Å². The topological polar surface area (TPSA) is 94.2 Å². The Hall–Kier alpha value is -3.24. The molecule has 244 valence electrons. The van der Waals surface area contributed by atoms with Crippen molar-refractivity contribution in [2.45, 2.75) is 68.9 Å². The van der Waals surface area contributed by atoms with Gasteiger partial charge >= 0.3 is 0 Å². The second-order valence-corrected chi connectivity index (χ2v) is 14.0. The Morgan fingerprint density at radius 2 is 1.67 bits per heavy atom. The average Bonchev–Trinajstić information content (AvgIpc) is 3.70. The molecule has 2 N–H and O–H groups in total. The van der Waals surface area contributed by atoms with Crippen molar-refractivity contribution in [3.8, 4) is 0 Å². The molecule has 3 saturated heterocycles. The SMILES string of the molecule is O=C(Nc1cccc(Cl)c1)C1[C@H]2C=CC3(O2)C(C(=O)NC2CCCCC2)N(CCCN2CCN(Cc4ccccc4)CC2)C(=O)[C@@H]13. The van der Waals surface area contributed by atoms with Crippen molar-refractivity contribution in [1.82, 2.24) is 20.0 Å². The molecule has 5 aliphatic rings. The van der Waals surface area contributed by atoms with Gasteiger partial charge in [-0.25, -0.2) is 0 Å². The molecule has 1 spiro atoms. The van der Waals surface area contributed by atoms with Gasteiger partial charge in [-0.15, -0.1) is 0 Å². The van der Waals surface area contributed by atoms with Crippen LogP contribution in [0.5, 0.6) is 0 Å². The molecule has 0 radical (unpaired) electrons. The van der Waals surface area contributed by atoms with E-state index in [1.165, 1.54) is 12.0 Å². The van der Waals surface area contributed by atoms with Crippen molar-refractivity contribution in [3.05, 3.63) is 77.3 Å². The zero-order valence-corrected chi connectivity index (χ0v) is 27.0. The van der Waals surface area contributed by atoms with Crippen molar-refractivity contribution < 1.29 is 19.1 Å². The monoisotopic (exact) mass is 645 g/mol. The number of halogens is 1. The van der Waals surface area contributed by atoms with Gasteiger partial charge in [0, 0.05) is 56.0 Å². The third-order valence-corrected chi connectivity index (χ3v) is 10.8. The number of fused-ring (bicyclic) bond motifs is 1. The van der Waals surface area contributed by atoms with Crippen LogP contribution in [0.2, 0.25) is 5.02 Å². The van der Waals surface area contributed by atoms with Gasteiger partial charge in [0.25, 0.3) is 0 Å². The van der Waals surface area contributed by atoms with E-state index in [4.69, 9.17) is 16.3 Å². The fourth-order valence-electron chi connectivity index (χ4n) is 8.30. The summed E-state index contributed by atoms with van der Waals surface area (Å²) in [4.78, 5) is 48.8. The number of likely N-dealkylation sites (tertiary alicyclic amines) is 1. The summed E-state index contributed by atoms with van der Waals surface area (Å²) in [6, 6.07) is 16.8. The number of ether oxygens (including phenoxy) is 1. The lowest BCUT2D eigenvalue weighted by atomic mass is 9.74. The molecule has 4 aliphatic heterocycles. The molecule has 2 aromatic carbocycles. The Labute approximate surface area is 276 Å². The summed E-state index contributed by atoms with van der Waals surface area (Å²) >= 11 is 6.16. The Morgan fingerprint density at radius 1 is 0.913 bits per heavy atom. The molecule has 9 nitrogen and oxygen atoms in total. The molecule has 10 heteroatoms. The number of piperazine rings is 1. The standard InChI is InChI=1S/C36H44ClN5O4/c37-26-11-7-14-28(23-26)39-33(43)30-29-15-16-36(46-29)31(30)35(45)42(32(36)34(44)38-27-12-5-2-6-13-27)18-8-17-40-19-21-41(22-20-40)24-25-9-3-1-4-10-25/h1,3-4,7,9-11,14-16,23,27,29-32H,2,5-6,8,12-13,17-22,24H2,(H,38,44)(H,39,43)/t29-,30?,31-,32?,36?/m1/s1. The Bertz CT molecular complexity index is 1460. The van der Waals surface area contributed by atoms with Crippen LogP contribution in [0.4, 0.5) is 5.69 Å². The summed E-state index contributed by atoms with van der Waals surface area (Å²) in [6.07, 6.45) is 9.20. The number of hydrogen-bond acceptors (Lipinski definition) is 6. The third kappa shape index (κ3) is 6.22. The highest BCUT2D eigenvalue weighted by molar-refractivity contribution is 6.30. The second kappa shape index (κ2) is 13.5. The van der Waals surface area contributed by atoms with E-state index in [0.29, 0.717) is 17.3 Å². The molecule has 2 aromatic rings. The number of nitrogens with zero attached hydrogens (tertiary/aromatic N) is 3. The van der Waals surface area contributed by atoms with E-state index < -0.39 is 29.6 Å². The van der Waals surface area contributed by atoms with Gasteiger partial charge in [0.2, 0.25) is 17.7 Å². The largest absolute Gasteiger partial charge is 0.359 e. The summed E-state index contributed by atoms with van der Waals surface area (Å²) in [6.45, 7) is 6.18. The third-order valence-electron chi connectivity index (χ3n) is 10.6. The predicted octanol–water partition coefficient (Wildman–Crippen LogP) is 4.09. The zero-order valence-electron chi connectivity index (χ0n) is 26.3. The van der Waals surface area contributed by atoms with E-state index in [1.54, 1.807) is 29.2 Å². The van der Waals surface area contributed by atoms with Crippen molar-refractivity contribution in [2.24, 2.45) is 11.8 Å². The Kier molecular flexibility index (Phi) is 9.19. The van der Waals surface area contributed by atoms with Crippen LogP contribution in [0, 0.1) is 11.8 Å². The maximum atomic E-state index is 14.3. The molecule has 4 heterocycles. The van der Waals surface area contributed by atoms with Gasteiger partial charge in [-0.1, -0.05) is 79.4 Å². The Balaban J connectivity index is 1.04. The summed E-state index contributed by atoms with van der Waals surface area (Å²) in [5, 5.41) is 6.74. The Morgan fingerprint density at radius 3 is 2.43 bits per heavy atom. The van der Waals surface area contributed by atoms with Crippen molar-refractivity contribution in [3.63, 3.8) is 0 Å². The normalized spacial score (nSPS) is 29.7. The number of amides is 3. The van der Waals surface area contributed by atoms with E-state index in [0.717, 1.165) is 71.4 Å². The quantitative estimate of drug-likeness (QED) is 0.378. The van der Waals surface area contributed by atoms with E-state index in [1.807, 2.05) is 18.2 Å². The minimum absolute atomic E-state index is 0.102. The van der Waals surface area contributed by atoms with Crippen molar-refractivity contribution >= 4 is 35.0 Å². The van der Waals surface area contributed by atoms with Gasteiger partial charge in [-0.3, -0.25) is 19.3 Å². The van der Waals surface area contributed by atoms with Gasteiger partial charge in [0.1, 0.15) is 11.6 Å². The zero-order chi connectivity index (χ0) is 31.7. The fourth-order valence-corrected chi connectivity index (χ4v) is 8.49. The van der Waals surface area contributed by atoms with Crippen LogP contribution in [-0.2, 0) is 25.7 Å². The van der Waals surface area contributed by atoms with Crippen LogP contribution in [0.3, 0.4) is 0 Å². The first-order valence-electron chi connectivity index (χ1n) is 16.9. The number of anilines is 1. The first-order valence-corrected chi connectivity index (χ1v) is 17.3. The number of hydrogen-bond donors (Lipinski definition) is 2. The lowest BCUT2D eigenvalue weighted by Crippen LogP contribution is -2.56. The lowest BCUT2D eigenvalue weighted by molar-refractivity contribution is -0.141. The van der Waals surface area contributed by atoms with Gasteiger partial charge in [-0.2, -0.15) is 0 Å². The molecule has 46 heavy (non-hydrogen) atoms. The average molecular weight is 646 g/mol. The molecule has 1 saturated carbocycles. The maximum Gasteiger partial charge on any atom is 0.246 e. The van der Waals surface area contributed by atoms with Crippen LogP contribution in [0.25, 0.3) is 0 Å². The fraction of sp³-hybridized carbons (Fsp3) is 0.528. The number of rotatable bonds is 10. The summed E-state index contributed by atoms with van der Waals surface area (Å²) in [5.74, 6) is -2.12. The molecular formula is C36H44ClN5O4. The highest BCUT2D eigenvalue weighted by atomic mass is 35.5. The van der Waals surface area contributed by atoms with Crippen LogP contribution in [0.15, 0.2) is 66.7 Å². The molecule has 5 atom stereocenters. The molecule has 0 aromatic heterocycles. The molecule has 4 fully saturated rings. The summed E-state index contributed by atoms with van der Waals surface area (Å²) < 4.78 is 6.52. The van der Waals surface area contributed by atoms with E-state index in [-0.39, 0.29) is 23.8 Å². The van der Waals surface area contributed by atoms with Crippen molar-refractivity contribution in [1.29, 1.82) is 0 Å². The van der Waals surface area contributed by atoms with Crippen LogP contribution in [-0.4, -0.2) is 95.5 Å². The minimum Gasteiger partial charge on any atom is -0.359 e. The van der Waals surface area contributed by atoms with Gasteiger partial charge in [0.15, 0.2) is 0 Å². The molecule has 7 rings (SSSR count). The molecule has 2 bridgehead atoms. The highest BCUT2D eigenvalue weighted by Crippen LogP contribution is 2.55. The number of carbonyl (C=O) groups excluding carboxylic acids is 3. The van der Waals surface area contributed by atoms with E-state index in [2.05, 4.69) is 44.7 Å². The molecule has 3 amide bonds. The first-order chi connectivity index (χ1) is 22.4. The predicted molar refractivity (Wildman–Crippen MR) is 177 cm³/mol. The highest BCUT2D eigenvalue weighted by Gasteiger charge is 2.72.